The quantitative estimate of drug-likeness (QED) is 0.367. The summed E-state index contributed by atoms with van der Waals surface area (Å²) >= 11 is 0. The Morgan fingerprint density at radius 2 is 1.75 bits per heavy atom. The summed E-state index contributed by atoms with van der Waals surface area (Å²) in [7, 11) is 2.17. The van der Waals surface area contributed by atoms with E-state index >= 15 is 0 Å². The Kier molecular flexibility index (Phi) is 5.89. The van der Waals surface area contributed by atoms with Gasteiger partial charge in [-0.15, -0.1) is 0 Å². The third-order valence-electron chi connectivity index (χ3n) is 9.31. The zero-order valence-electron chi connectivity index (χ0n) is 21.5. The topological polar surface area (TPSA) is 67.2 Å². The third kappa shape index (κ3) is 4.33. The highest BCUT2D eigenvalue weighted by molar-refractivity contribution is 5.88. The number of nitrogens with zero attached hydrogens (tertiary/aromatic N) is 2. The lowest BCUT2D eigenvalue weighted by atomic mass is 9.48. The second-order valence-corrected chi connectivity index (χ2v) is 11.9. The van der Waals surface area contributed by atoms with Gasteiger partial charge in [-0.3, -0.25) is 0 Å². The van der Waals surface area contributed by atoms with Gasteiger partial charge in [0.2, 0.25) is 0 Å². The van der Waals surface area contributed by atoms with Crippen LogP contribution in [0.2, 0.25) is 0 Å². The summed E-state index contributed by atoms with van der Waals surface area (Å²) in [6.45, 7) is 2.73. The number of hydrogen-bond donors (Lipinski definition) is 2. The number of carbonyl (C=O) groups is 1. The van der Waals surface area contributed by atoms with Gasteiger partial charge in [0.25, 0.3) is 0 Å². The fraction of sp³-hybridized carbons (Fsp3) is 0.484. The van der Waals surface area contributed by atoms with Gasteiger partial charge in [-0.25, -0.2) is 9.78 Å². The SMILES string of the molecule is Cc1ccccc1-c1nc(CNc2cccc(C(=O)O)c2)c(CCC23CC4CC(CC(C4)C2)C3)n1C. The molecule has 0 unspecified atom stereocenters. The molecule has 36 heavy (non-hydrogen) atoms. The van der Waals surface area contributed by atoms with Crippen LogP contribution >= 0.6 is 0 Å². The molecule has 0 aliphatic heterocycles. The Hall–Kier alpha value is -3.08. The van der Waals surface area contributed by atoms with Crippen molar-refractivity contribution in [3.05, 3.63) is 71.0 Å². The predicted octanol–water partition coefficient (Wildman–Crippen LogP) is 6.85. The lowest BCUT2D eigenvalue weighted by molar-refractivity contribution is -0.0571. The number of hydrogen-bond acceptors (Lipinski definition) is 3. The normalized spacial score (nSPS) is 26.3. The monoisotopic (exact) mass is 483 g/mol. The zero-order valence-corrected chi connectivity index (χ0v) is 21.5. The third-order valence-corrected chi connectivity index (χ3v) is 9.31. The van der Waals surface area contributed by atoms with Gasteiger partial charge in [0.05, 0.1) is 17.8 Å². The molecule has 4 bridgehead atoms. The number of carboxylic acid groups (broad SMARTS) is 1. The van der Waals surface area contributed by atoms with Crippen LogP contribution in [-0.2, 0) is 20.0 Å². The Balaban J connectivity index is 1.28. The average molecular weight is 484 g/mol. The second-order valence-electron chi connectivity index (χ2n) is 11.9. The summed E-state index contributed by atoms with van der Waals surface area (Å²) < 4.78 is 2.31. The molecular weight excluding hydrogens is 446 g/mol. The van der Waals surface area contributed by atoms with Gasteiger partial charge in [0.1, 0.15) is 5.82 Å². The van der Waals surface area contributed by atoms with Gasteiger partial charge in [0, 0.05) is 24.0 Å². The molecule has 4 fully saturated rings. The van der Waals surface area contributed by atoms with E-state index in [0.29, 0.717) is 17.5 Å². The smallest absolute Gasteiger partial charge is 0.335 e. The first-order valence-electron chi connectivity index (χ1n) is 13.6. The maximum absolute atomic E-state index is 11.4. The lowest BCUT2D eigenvalue weighted by Crippen LogP contribution is -2.46. The molecule has 1 aromatic heterocycles. The van der Waals surface area contributed by atoms with Crippen molar-refractivity contribution < 1.29 is 9.90 Å². The molecule has 188 valence electrons. The van der Waals surface area contributed by atoms with Crippen molar-refractivity contribution in [3.8, 4) is 11.4 Å². The van der Waals surface area contributed by atoms with Crippen LogP contribution in [0.15, 0.2) is 48.5 Å². The van der Waals surface area contributed by atoms with E-state index in [4.69, 9.17) is 4.98 Å². The summed E-state index contributed by atoms with van der Waals surface area (Å²) in [5.41, 5.74) is 6.42. The molecule has 0 radical (unpaired) electrons. The van der Waals surface area contributed by atoms with E-state index in [1.54, 1.807) is 18.2 Å². The van der Waals surface area contributed by atoms with E-state index in [2.05, 4.69) is 48.1 Å². The number of nitrogens with one attached hydrogen (secondary N) is 1. The largest absolute Gasteiger partial charge is 0.478 e. The van der Waals surface area contributed by atoms with Gasteiger partial charge >= 0.3 is 5.97 Å². The molecular formula is C31H37N3O2. The number of benzene rings is 2. The van der Waals surface area contributed by atoms with Gasteiger partial charge in [-0.05, 0) is 105 Å². The average Bonchev–Trinajstić information content (AvgIpc) is 3.16. The number of carboxylic acids is 1. The minimum Gasteiger partial charge on any atom is -0.478 e. The van der Waals surface area contributed by atoms with Crippen LogP contribution in [0.5, 0.6) is 0 Å². The molecule has 0 atom stereocenters. The highest BCUT2D eigenvalue weighted by Gasteiger charge is 2.50. The summed E-state index contributed by atoms with van der Waals surface area (Å²) in [5.74, 6) is 3.01. The first-order valence-corrected chi connectivity index (χ1v) is 13.6. The van der Waals surface area contributed by atoms with Crippen molar-refractivity contribution in [1.29, 1.82) is 0 Å². The Labute approximate surface area is 214 Å². The van der Waals surface area contributed by atoms with Crippen LogP contribution in [0.25, 0.3) is 11.4 Å². The van der Waals surface area contributed by atoms with Crippen LogP contribution in [-0.4, -0.2) is 20.6 Å². The molecule has 4 saturated carbocycles. The molecule has 4 aliphatic rings. The standard InChI is InChI=1S/C31H37N3O2/c1-20-6-3-4-9-26(20)29-33-27(19-32-25-8-5-7-24(15-25)30(35)36)28(34(29)2)10-11-31-16-21-12-22(17-31)14-23(13-21)18-31/h3-9,15,21-23,32H,10-14,16-19H2,1-2H3,(H,35,36). The fourth-order valence-electron chi connectivity index (χ4n) is 8.03. The van der Waals surface area contributed by atoms with E-state index in [1.807, 2.05) is 6.07 Å². The van der Waals surface area contributed by atoms with Crippen molar-refractivity contribution in [3.63, 3.8) is 0 Å². The zero-order chi connectivity index (χ0) is 24.9. The molecule has 4 aliphatic carbocycles. The molecule has 5 heteroatoms. The molecule has 7 rings (SSSR count). The van der Waals surface area contributed by atoms with Crippen LogP contribution in [0.3, 0.4) is 0 Å². The van der Waals surface area contributed by atoms with Crippen molar-refractivity contribution in [1.82, 2.24) is 9.55 Å². The fourth-order valence-corrected chi connectivity index (χ4v) is 8.03. The first-order chi connectivity index (χ1) is 17.4. The second kappa shape index (κ2) is 9.10. The molecule has 1 heterocycles. The summed E-state index contributed by atoms with van der Waals surface area (Å²) in [6.07, 6.45) is 11.0. The summed E-state index contributed by atoms with van der Waals surface area (Å²) in [5, 5.41) is 12.8. The van der Waals surface area contributed by atoms with Gasteiger partial charge in [-0.1, -0.05) is 30.3 Å². The van der Waals surface area contributed by atoms with Crippen molar-refractivity contribution in [2.75, 3.05) is 5.32 Å². The van der Waals surface area contributed by atoms with Crippen LogP contribution in [0.1, 0.15) is 72.3 Å². The summed E-state index contributed by atoms with van der Waals surface area (Å²) in [4.78, 5) is 16.6. The van der Waals surface area contributed by atoms with E-state index in [-0.39, 0.29) is 0 Å². The van der Waals surface area contributed by atoms with Crippen LogP contribution in [0, 0.1) is 30.1 Å². The van der Waals surface area contributed by atoms with Crippen molar-refractivity contribution in [2.24, 2.45) is 30.2 Å². The van der Waals surface area contributed by atoms with E-state index < -0.39 is 5.97 Å². The van der Waals surface area contributed by atoms with Crippen LogP contribution < -0.4 is 5.32 Å². The van der Waals surface area contributed by atoms with Gasteiger partial charge < -0.3 is 15.0 Å². The number of aryl methyl sites for hydroxylation is 1. The molecule has 0 spiro atoms. The predicted molar refractivity (Wildman–Crippen MR) is 143 cm³/mol. The molecule has 0 amide bonds. The Bertz CT molecular complexity index is 1260. The summed E-state index contributed by atoms with van der Waals surface area (Å²) in [6, 6.07) is 15.5. The number of anilines is 1. The van der Waals surface area contributed by atoms with Crippen LogP contribution in [0.4, 0.5) is 5.69 Å². The number of imidazole rings is 1. The number of rotatable bonds is 8. The van der Waals surface area contributed by atoms with E-state index in [9.17, 15) is 9.90 Å². The minimum absolute atomic E-state index is 0.295. The van der Waals surface area contributed by atoms with Gasteiger partial charge in [0.15, 0.2) is 0 Å². The lowest BCUT2D eigenvalue weighted by Gasteiger charge is -2.57. The highest BCUT2D eigenvalue weighted by atomic mass is 16.4. The van der Waals surface area contributed by atoms with Crippen molar-refractivity contribution in [2.45, 2.75) is 64.8 Å². The molecule has 2 N–H and O–H groups in total. The minimum atomic E-state index is -0.908. The van der Waals surface area contributed by atoms with E-state index in [0.717, 1.165) is 41.4 Å². The Morgan fingerprint density at radius 1 is 1.06 bits per heavy atom. The number of aromatic carboxylic acids is 1. The maximum Gasteiger partial charge on any atom is 0.335 e. The number of aromatic nitrogens is 2. The highest BCUT2D eigenvalue weighted by Crippen LogP contribution is 2.61. The Morgan fingerprint density at radius 3 is 2.42 bits per heavy atom. The first kappa shape index (κ1) is 23.3. The molecule has 3 aromatic rings. The van der Waals surface area contributed by atoms with Crippen molar-refractivity contribution >= 4 is 11.7 Å². The van der Waals surface area contributed by atoms with Gasteiger partial charge in [-0.2, -0.15) is 0 Å². The molecule has 2 aromatic carbocycles. The maximum atomic E-state index is 11.4. The van der Waals surface area contributed by atoms with E-state index in [1.165, 1.54) is 61.8 Å². The molecule has 5 nitrogen and oxygen atoms in total. The molecule has 0 saturated heterocycles.